The second kappa shape index (κ2) is 2.83. The van der Waals surface area contributed by atoms with Crippen LogP contribution in [0.2, 0.25) is 0 Å². The molecule has 0 aliphatic heterocycles. The Morgan fingerprint density at radius 2 is 2.43 bits per heavy atom. The van der Waals surface area contributed by atoms with Crippen molar-refractivity contribution in [1.82, 2.24) is 15.4 Å². The number of nitrogen functional groups attached to an aromatic ring is 1. The van der Waals surface area contributed by atoms with Crippen LogP contribution in [0.1, 0.15) is 0 Å². The van der Waals surface area contributed by atoms with Crippen molar-refractivity contribution in [2.45, 2.75) is 0 Å². The van der Waals surface area contributed by atoms with Crippen LogP contribution in [0.15, 0.2) is 16.8 Å². The Bertz CT molecular complexity index is 473. The minimum absolute atomic E-state index is 0.0869. The molecule has 0 radical (unpaired) electrons. The zero-order chi connectivity index (χ0) is 10.1. The van der Waals surface area contributed by atoms with E-state index in [9.17, 15) is 10.1 Å². The van der Waals surface area contributed by atoms with E-state index in [0.717, 1.165) is 6.20 Å². The van der Waals surface area contributed by atoms with Crippen LogP contribution in [-0.2, 0) is 0 Å². The molecule has 0 unspecified atom stereocenters. The van der Waals surface area contributed by atoms with E-state index < -0.39 is 4.92 Å². The SMILES string of the molecule is Nc1cc(-c2[nH]ncc2[N+](=O)[O-])no1. The van der Waals surface area contributed by atoms with Crippen molar-refractivity contribution in [3.63, 3.8) is 0 Å². The average molecular weight is 195 g/mol. The smallest absolute Gasteiger partial charge is 0.316 e. The Kier molecular flexibility index (Phi) is 1.67. The van der Waals surface area contributed by atoms with Gasteiger partial charge in [-0.1, -0.05) is 5.16 Å². The van der Waals surface area contributed by atoms with Crippen molar-refractivity contribution in [2.24, 2.45) is 0 Å². The molecule has 0 saturated carbocycles. The van der Waals surface area contributed by atoms with Gasteiger partial charge in [-0.15, -0.1) is 0 Å². The third-order valence-corrected chi connectivity index (χ3v) is 1.60. The number of nitrogens with one attached hydrogen (secondary N) is 1. The van der Waals surface area contributed by atoms with Crippen LogP contribution < -0.4 is 5.73 Å². The summed E-state index contributed by atoms with van der Waals surface area (Å²) in [6.45, 7) is 0. The zero-order valence-electron chi connectivity index (χ0n) is 6.80. The highest BCUT2D eigenvalue weighted by Gasteiger charge is 2.20. The second-order valence-corrected chi connectivity index (χ2v) is 2.50. The third kappa shape index (κ3) is 1.18. The van der Waals surface area contributed by atoms with Gasteiger partial charge < -0.3 is 10.3 Å². The number of nitro groups is 1. The van der Waals surface area contributed by atoms with Crippen molar-refractivity contribution in [3.8, 4) is 11.4 Å². The maximum atomic E-state index is 10.5. The number of aromatic nitrogens is 3. The van der Waals surface area contributed by atoms with Gasteiger partial charge in [0.15, 0.2) is 5.69 Å². The van der Waals surface area contributed by atoms with E-state index in [-0.39, 0.29) is 23.0 Å². The first kappa shape index (κ1) is 8.23. The predicted molar refractivity (Wildman–Crippen MR) is 45.2 cm³/mol. The lowest BCUT2D eigenvalue weighted by atomic mass is 10.3. The molecule has 2 aromatic heterocycles. The summed E-state index contributed by atoms with van der Waals surface area (Å²) in [7, 11) is 0. The molecule has 0 aliphatic rings. The average Bonchev–Trinajstić information content (AvgIpc) is 2.70. The molecule has 0 aromatic carbocycles. The Labute approximate surface area is 76.8 Å². The highest BCUT2D eigenvalue weighted by Crippen LogP contribution is 2.26. The number of anilines is 1. The van der Waals surface area contributed by atoms with E-state index in [1.54, 1.807) is 0 Å². The molecule has 8 heteroatoms. The van der Waals surface area contributed by atoms with Gasteiger partial charge in [0, 0.05) is 6.07 Å². The lowest BCUT2D eigenvalue weighted by Gasteiger charge is -1.88. The maximum Gasteiger partial charge on any atom is 0.316 e. The number of hydrogen-bond donors (Lipinski definition) is 2. The van der Waals surface area contributed by atoms with Crippen molar-refractivity contribution in [1.29, 1.82) is 0 Å². The summed E-state index contributed by atoms with van der Waals surface area (Å²) in [5.74, 6) is 0.0869. The van der Waals surface area contributed by atoms with Crippen LogP contribution in [0.3, 0.4) is 0 Å². The quantitative estimate of drug-likeness (QED) is 0.532. The molecule has 0 aliphatic carbocycles. The number of hydrogen-bond acceptors (Lipinski definition) is 6. The number of H-pyrrole nitrogens is 1. The largest absolute Gasteiger partial charge is 0.368 e. The molecule has 2 aromatic rings. The van der Waals surface area contributed by atoms with E-state index in [4.69, 9.17) is 5.73 Å². The molecule has 3 N–H and O–H groups in total. The van der Waals surface area contributed by atoms with Gasteiger partial charge in [-0.3, -0.25) is 15.2 Å². The normalized spacial score (nSPS) is 10.3. The van der Waals surface area contributed by atoms with Gasteiger partial charge in [-0.2, -0.15) is 5.10 Å². The first-order chi connectivity index (χ1) is 6.68. The van der Waals surface area contributed by atoms with Gasteiger partial charge in [0.25, 0.3) is 0 Å². The van der Waals surface area contributed by atoms with Crippen molar-refractivity contribution in [3.05, 3.63) is 22.4 Å². The van der Waals surface area contributed by atoms with Crippen molar-refractivity contribution < 1.29 is 9.45 Å². The molecule has 0 spiro atoms. The highest BCUT2D eigenvalue weighted by molar-refractivity contribution is 5.66. The molecule has 14 heavy (non-hydrogen) atoms. The Balaban J connectivity index is 2.51. The van der Waals surface area contributed by atoms with E-state index in [1.165, 1.54) is 6.07 Å². The van der Waals surface area contributed by atoms with Crippen LogP contribution in [0.4, 0.5) is 11.6 Å². The summed E-state index contributed by atoms with van der Waals surface area (Å²) in [5.41, 5.74) is 5.54. The van der Waals surface area contributed by atoms with Gasteiger partial charge in [-0.05, 0) is 0 Å². The van der Waals surface area contributed by atoms with Crippen LogP contribution in [0, 0.1) is 10.1 Å². The molecule has 0 atom stereocenters. The second-order valence-electron chi connectivity index (χ2n) is 2.50. The van der Waals surface area contributed by atoms with E-state index in [0.29, 0.717) is 0 Å². The van der Waals surface area contributed by atoms with Gasteiger partial charge in [-0.25, -0.2) is 0 Å². The number of nitrogens with zero attached hydrogens (tertiary/aromatic N) is 3. The van der Waals surface area contributed by atoms with E-state index in [2.05, 4.69) is 19.9 Å². The van der Waals surface area contributed by atoms with Crippen LogP contribution in [0.25, 0.3) is 11.4 Å². The summed E-state index contributed by atoms with van der Waals surface area (Å²) < 4.78 is 4.58. The van der Waals surface area contributed by atoms with Crippen molar-refractivity contribution >= 4 is 11.6 Å². The topological polar surface area (TPSA) is 124 Å². The molecule has 0 bridgehead atoms. The third-order valence-electron chi connectivity index (χ3n) is 1.60. The van der Waals surface area contributed by atoms with E-state index in [1.807, 2.05) is 0 Å². The number of rotatable bonds is 2. The fraction of sp³-hybridized carbons (Fsp3) is 0. The molecule has 2 heterocycles. The minimum Gasteiger partial charge on any atom is -0.368 e. The van der Waals surface area contributed by atoms with Crippen LogP contribution in [-0.4, -0.2) is 20.3 Å². The van der Waals surface area contributed by atoms with Gasteiger partial charge in [0.1, 0.15) is 11.9 Å². The first-order valence-electron chi connectivity index (χ1n) is 3.59. The Morgan fingerprint density at radius 3 is 3.00 bits per heavy atom. The molecular weight excluding hydrogens is 190 g/mol. The molecule has 0 amide bonds. The highest BCUT2D eigenvalue weighted by atomic mass is 16.6. The lowest BCUT2D eigenvalue weighted by molar-refractivity contribution is -0.384. The Morgan fingerprint density at radius 1 is 1.64 bits per heavy atom. The molecule has 0 saturated heterocycles. The fourth-order valence-electron chi connectivity index (χ4n) is 1.01. The molecule has 72 valence electrons. The fourth-order valence-corrected chi connectivity index (χ4v) is 1.01. The van der Waals surface area contributed by atoms with Crippen LogP contribution in [0.5, 0.6) is 0 Å². The summed E-state index contributed by atoms with van der Waals surface area (Å²) in [6.07, 6.45) is 1.10. The van der Waals surface area contributed by atoms with Gasteiger partial charge in [0.2, 0.25) is 5.88 Å². The van der Waals surface area contributed by atoms with Gasteiger partial charge >= 0.3 is 5.69 Å². The molecule has 8 nitrogen and oxygen atoms in total. The number of nitrogens with two attached hydrogens (primary N) is 1. The summed E-state index contributed by atoms with van der Waals surface area (Å²) in [6, 6.07) is 1.38. The van der Waals surface area contributed by atoms with E-state index >= 15 is 0 Å². The summed E-state index contributed by atoms with van der Waals surface area (Å²) in [5, 5.41) is 20.0. The van der Waals surface area contributed by atoms with Crippen LogP contribution >= 0.6 is 0 Å². The minimum atomic E-state index is -0.566. The lowest BCUT2D eigenvalue weighted by Crippen LogP contribution is -1.88. The zero-order valence-corrected chi connectivity index (χ0v) is 6.80. The predicted octanol–water partition coefficient (Wildman–Crippen LogP) is 0.555. The summed E-state index contributed by atoms with van der Waals surface area (Å²) in [4.78, 5) is 9.95. The number of aromatic amines is 1. The standard InChI is InChI=1S/C6H5N5O3/c7-5-1-3(10-14-5)6-4(11(12)13)2-8-9-6/h1-2H,7H2,(H,8,9). The van der Waals surface area contributed by atoms with Gasteiger partial charge in [0.05, 0.1) is 4.92 Å². The summed E-state index contributed by atoms with van der Waals surface area (Å²) >= 11 is 0. The first-order valence-corrected chi connectivity index (χ1v) is 3.59. The monoisotopic (exact) mass is 195 g/mol. The Hall–Kier alpha value is -2.38. The maximum absolute atomic E-state index is 10.5. The molecule has 0 fully saturated rings. The van der Waals surface area contributed by atoms with Crippen molar-refractivity contribution in [2.75, 3.05) is 5.73 Å². The molecule has 2 rings (SSSR count). The molecular formula is C6H5N5O3.